The van der Waals surface area contributed by atoms with Crippen LogP contribution in [0.25, 0.3) is 0 Å². The first-order valence-electron chi connectivity index (χ1n) is 7.22. The molecule has 0 aromatic heterocycles. The molecule has 1 aliphatic heterocycles. The Bertz CT molecular complexity index is 479. The van der Waals surface area contributed by atoms with Crippen LogP contribution >= 0.6 is 0 Å². The van der Waals surface area contributed by atoms with Crippen LogP contribution < -0.4 is 0 Å². The van der Waals surface area contributed by atoms with Crippen molar-refractivity contribution in [2.45, 2.75) is 44.1 Å². The van der Waals surface area contributed by atoms with Gasteiger partial charge in [-0.2, -0.15) is 0 Å². The van der Waals surface area contributed by atoms with E-state index in [1.54, 1.807) is 5.56 Å². The van der Waals surface area contributed by atoms with Gasteiger partial charge >= 0.3 is 5.97 Å². The van der Waals surface area contributed by atoms with Gasteiger partial charge in [-0.05, 0) is 36.9 Å². The Hall–Kier alpha value is -1.35. The number of hydrogen-bond donors (Lipinski definition) is 1. The predicted molar refractivity (Wildman–Crippen MR) is 74.1 cm³/mol. The molecule has 0 bridgehead atoms. The van der Waals surface area contributed by atoms with Crippen molar-refractivity contribution < 1.29 is 9.90 Å². The third kappa shape index (κ3) is 2.39. The second kappa shape index (κ2) is 4.97. The summed E-state index contributed by atoms with van der Waals surface area (Å²) < 4.78 is 0. The van der Waals surface area contributed by atoms with Crippen LogP contribution in [0.2, 0.25) is 0 Å². The van der Waals surface area contributed by atoms with Gasteiger partial charge in [0.1, 0.15) is 0 Å². The summed E-state index contributed by atoms with van der Waals surface area (Å²) in [4.78, 5) is 13.1. The summed E-state index contributed by atoms with van der Waals surface area (Å²) in [5, 5.41) is 8.74. The fraction of sp³-hybridized carbons (Fsp3) is 0.562. The molecule has 0 atom stereocenters. The van der Waals surface area contributed by atoms with Gasteiger partial charge in [0.2, 0.25) is 0 Å². The third-order valence-electron chi connectivity index (χ3n) is 4.68. The third-order valence-corrected chi connectivity index (χ3v) is 4.68. The first kappa shape index (κ1) is 12.7. The SMILES string of the molecule is O=C(O)CCCN1Cc2ccccc2C2(CCC2)C1. The molecule has 0 unspecified atom stereocenters. The van der Waals surface area contributed by atoms with E-state index < -0.39 is 5.97 Å². The van der Waals surface area contributed by atoms with Crippen LogP contribution in [0.15, 0.2) is 24.3 Å². The van der Waals surface area contributed by atoms with Crippen LogP contribution in [0.4, 0.5) is 0 Å². The number of hydrogen-bond acceptors (Lipinski definition) is 2. The molecule has 0 amide bonds. The van der Waals surface area contributed by atoms with Crippen LogP contribution in [-0.2, 0) is 16.8 Å². The second-order valence-corrected chi connectivity index (χ2v) is 6.00. The molecule has 3 nitrogen and oxygen atoms in total. The highest BCUT2D eigenvalue weighted by atomic mass is 16.4. The molecule has 1 aromatic carbocycles. The average molecular weight is 259 g/mol. The Morgan fingerprint density at radius 1 is 1.32 bits per heavy atom. The lowest BCUT2D eigenvalue weighted by atomic mass is 9.61. The molecule has 19 heavy (non-hydrogen) atoms. The average Bonchev–Trinajstić information content (AvgIpc) is 2.35. The van der Waals surface area contributed by atoms with Crippen LogP contribution in [0, 0.1) is 0 Å². The van der Waals surface area contributed by atoms with Crippen molar-refractivity contribution in [1.82, 2.24) is 4.90 Å². The van der Waals surface area contributed by atoms with Gasteiger partial charge in [0.05, 0.1) is 0 Å². The largest absolute Gasteiger partial charge is 0.481 e. The molecular weight excluding hydrogens is 238 g/mol. The molecule has 3 heteroatoms. The van der Waals surface area contributed by atoms with Crippen molar-refractivity contribution in [2.75, 3.05) is 13.1 Å². The van der Waals surface area contributed by atoms with Gasteiger partial charge in [0, 0.05) is 24.9 Å². The van der Waals surface area contributed by atoms with Gasteiger partial charge in [-0.1, -0.05) is 30.7 Å². The maximum atomic E-state index is 10.6. The molecule has 0 radical (unpaired) electrons. The molecule has 1 heterocycles. The Morgan fingerprint density at radius 3 is 2.79 bits per heavy atom. The summed E-state index contributed by atoms with van der Waals surface area (Å²) in [6, 6.07) is 8.80. The second-order valence-electron chi connectivity index (χ2n) is 6.00. The molecule has 1 saturated carbocycles. The lowest BCUT2D eigenvalue weighted by Crippen LogP contribution is -2.49. The van der Waals surface area contributed by atoms with Crippen LogP contribution in [-0.4, -0.2) is 29.1 Å². The van der Waals surface area contributed by atoms with E-state index in [0.717, 1.165) is 26.1 Å². The highest BCUT2D eigenvalue weighted by Crippen LogP contribution is 2.48. The van der Waals surface area contributed by atoms with E-state index in [0.29, 0.717) is 5.41 Å². The normalized spacial score (nSPS) is 20.8. The number of carboxylic acids is 1. The number of rotatable bonds is 4. The lowest BCUT2D eigenvalue weighted by molar-refractivity contribution is -0.137. The fourth-order valence-electron chi connectivity index (χ4n) is 3.63. The van der Waals surface area contributed by atoms with Crippen molar-refractivity contribution in [3.05, 3.63) is 35.4 Å². The number of carbonyl (C=O) groups is 1. The summed E-state index contributed by atoms with van der Waals surface area (Å²) in [7, 11) is 0. The molecule has 1 fully saturated rings. The fourth-order valence-corrected chi connectivity index (χ4v) is 3.63. The van der Waals surface area contributed by atoms with Gasteiger partial charge in [0.15, 0.2) is 0 Å². The minimum Gasteiger partial charge on any atom is -0.481 e. The molecule has 102 valence electrons. The summed E-state index contributed by atoms with van der Waals surface area (Å²) in [6.07, 6.45) is 4.95. The predicted octanol–water partition coefficient (Wildman–Crippen LogP) is 2.79. The van der Waals surface area contributed by atoms with E-state index in [1.165, 1.54) is 24.8 Å². The molecule has 2 aliphatic rings. The Labute approximate surface area is 114 Å². The van der Waals surface area contributed by atoms with E-state index in [9.17, 15) is 4.79 Å². The number of aliphatic carboxylic acids is 1. The minimum atomic E-state index is -0.684. The topological polar surface area (TPSA) is 40.5 Å². The smallest absolute Gasteiger partial charge is 0.303 e. The van der Waals surface area contributed by atoms with Gasteiger partial charge in [-0.3, -0.25) is 9.69 Å². The molecule has 3 rings (SSSR count). The molecule has 1 N–H and O–H groups in total. The van der Waals surface area contributed by atoms with E-state index >= 15 is 0 Å². The van der Waals surface area contributed by atoms with Gasteiger partial charge in [0.25, 0.3) is 0 Å². The number of benzene rings is 1. The monoisotopic (exact) mass is 259 g/mol. The summed E-state index contributed by atoms with van der Waals surface area (Å²) in [6.45, 7) is 3.00. The van der Waals surface area contributed by atoms with Gasteiger partial charge in [-0.15, -0.1) is 0 Å². The van der Waals surface area contributed by atoms with E-state index in [1.807, 2.05) is 0 Å². The zero-order valence-corrected chi connectivity index (χ0v) is 11.3. The molecule has 0 saturated heterocycles. The van der Waals surface area contributed by atoms with Crippen molar-refractivity contribution in [3.8, 4) is 0 Å². The molecule has 1 aliphatic carbocycles. The Balaban J connectivity index is 1.72. The van der Waals surface area contributed by atoms with Gasteiger partial charge < -0.3 is 5.11 Å². The molecule has 1 aromatic rings. The standard InChI is InChI=1S/C16H21NO2/c18-15(19)7-3-10-17-11-13-5-1-2-6-14(13)16(12-17)8-4-9-16/h1-2,5-6H,3-4,7-12H2,(H,18,19). The first-order chi connectivity index (χ1) is 9.20. The highest BCUT2D eigenvalue weighted by molar-refractivity contribution is 5.66. The zero-order valence-electron chi connectivity index (χ0n) is 11.3. The molecule has 1 spiro atoms. The van der Waals surface area contributed by atoms with Crippen LogP contribution in [0.3, 0.4) is 0 Å². The van der Waals surface area contributed by atoms with E-state index in [4.69, 9.17) is 5.11 Å². The minimum absolute atomic E-state index is 0.283. The Kier molecular flexibility index (Phi) is 3.31. The summed E-state index contributed by atoms with van der Waals surface area (Å²) in [5.74, 6) is -0.684. The number of nitrogens with zero attached hydrogens (tertiary/aromatic N) is 1. The van der Waals surface area contributed by atoms with Crippen LogP contribution in [0.1, 0.15) is 43.2 Å². The zero-order chi connectivity index (χ0) is 13.3. The van der Waals surface area contributed by atoms with E-state index in [2.05, 4.69) is 29.2 Å². The lowest BCUT2D eigenvalue weighted by Gasteiger charge is -2.50. The first-order valence-corrected chi connectivity index (χ1v) is 7.22. The quantitative estimate of drug-likeness (QED) is 0.904. The van der Waals surface area contributed by atoms with Crippen molar-refractivity contribution >= 4 is 5.97 Å². The Morgan fingerprint density at radius 2 is 2.11 bits per heavy atom. The maximum absolute atomic E-state index is 10.6. The summed E-state index contributed by atoms with van der Waals surface area (Å²) >= 11 is 0. The van der Waals surface area contributed by atoms with Crippen LogP contribution in [0.5, 0.6) is 0 Å². The molecular formula is C16H21NO2. The maximum Gasteiger partial charge on any atom is 0.303 e. The van der Waals surface area contributed by atoms with Crippen molar-refractivity contribution in [1.29, 1.82) is 0 Å². The number of fused-ring (bicyclic) bond motifs is 2. The van der Waals surface area contributed by atoms with Crippen molar-refractivity contribution in [2.24, 2.45) is 0 Å². The van der Waals surface area contributed by atoms with Crippen molar-refractivity contribution in [3.63, 3.8) is 0 Å². The highest BCUT2D eigenvalue weighted by Gasteiger charge is 2.43. The van der Waals surface area contributed by atoms with E-state index in [-0.39, 0.29) is 6.42 Å². The number of carboxylic acid groups (broad SMARTS) is 1. The van der Waals surface area contributed by atoms with Gasteiger partial charge in [-0.25, -0.2) is 0 Å². The summed E-state index contributed by atoms with van der Waals surface area (Å²) in [5.41, 5.74) is 3.37.